The summed E-state index contributed by atoms with van der Waals surface area (Å²) in [6.45, 7) is 3.90. The van der Waals surface area contributed by atoms with Crippen LogP contribution in [0.5, 0.6) is 0 Å². The standard InChI is InChI=1S/C23H26N2O4/c26-22(24-21-9-8-18-2-1-3-20(18)14-21)16-29-23(27)19-6-4-17(5-7-19)15-25-10-12-28-13-11-25/h4-9,14H,1-3,10-13,15-16H2,(H,24,26). The zero-order chi connectivity index (χ0) is 20.1. The van der Waals surface area contributed by atoms with Crippen molar-refractivity contribution in [3.63, 3.8) is 0 Å². The van der Waals surface area contributed by atoms with E-state index in [1.165, 1.54) is 11.1 Å². The van der Waals surface area contributed by atoms with Crippen LogP contribution in [0.3, 0.4) is 0 Å². The van der Waals surface area contributed by atoms with E-state index in [9.17, 15) is 9.59 Å². The highest BCUT2D eigenvalue weighted by atomic mass is 16.5. The molecule has 29 heavy (non-hydrogen) atoms. The van der Waals surface area contributed by atoms with Crippen LogP contribution in [0.1, 0.15) is 33.5 Å². The van der Waals surface area contributed by atoms with Crippen molar-refractivity contribution in [1.29, 1.82) is 0 Å². The fourth-order valence-corrected chi connectivity index (χ4v) is 3.82. The van der Waals surface area contributed by atoms with Gasteiger partial charge in [-0.2, -0.15) is 0 Å². The van der Waals surface area contributed by atoms with Gasteiger partial charge < -0.3 is 14.8 Å². The van der Waals surface area contributed by atoms with E-state index in [1.807, 2.05) is 24.3 Å². The summed E-state index contributed by atoms with van der Waals surface area (Å²) in [5, 5.41) is 2.80. The number of rotatable bonds is 6. The van der Waals surface area contributed by atoms with Gasteiger partial charge in [-0.15, -0.1) is 0 Å². The Labute approximate surface area is 170 Å². The number of nitrogens with zero attached hydrogens (tertiary/aromatic N) is 1. The molecular formula is C23H26N2O4. The first-order valence-corrected chi connectivity index (χ1v) is 10.2. The Hall–Kier alpha value is -2.70. The summed E-state index contributed by atoms with van der Waals surface area (Å²) in [6, 6.07) is 13.3. The van der Waals surface area contributed by atoms with Crippen molar-refractivity contribution >= 4 is 17.6 Å². The molecule has 2 aromatic rings. The molecule has 1 heterocycles. The molecular weight excluding hydrogens is 368 g/mol. The van der Waals surface area contributed by atoms with Crippen LogP contribution < -0.4 is 5.32 Å². The van der Waals surface area contributed by atoms with Gasteiger partial charge in [-0.3, -0.25) is 9.69 Å². The second kappa shape index (κ2) is 9.20. The Kier molecular flexibility index (Phi) is 6.22. The maximum Gasteiger partial charge on any atom is 0.338 e. The van der Waals surface area contributed by atoms with Crippen molar-refractivity contribution in [3.05, 3.63) is 64.7 Å². The Morgan fingerprint density at radius 2 is 1.76 bits per heavy atom. The van der Waals surface area contributed by atoms with Crippen LogP contribution >= 0.6 is 0 Å². The summed E-state index contributed by atoms with van der Waals surface area (Å²) >= 11 is 0. The summed E-state index contributed by atoms with van der Waals surface area (Å²) in [5.41, 5.74) is 4.97. The number of amides is 1. The quantitative estimate of drug-likeness (QED) is 0.763. The average molecular weight is 394 g/mol. The first kappa shape index (κ1) is 19.6. The Bertz CT molecular complexity index is 873. The van der Waals surface area contributed by atoms with Crippen LogP contribution in [-0.4, -0.2) is 49.7 Å². The summed E-state index contributed by atoms with van der Waals surface area (Å²) < 4.78 is 10.5. The molecule has 1 amide bonds. The highest BCUT2D eigenvalue weighted by molar-refractivity contribution is 5.95. The van der Waals surface area contributed by atoms with Crippen molar-refractivity contribution < 1.29 is 19.1 Å². The van der Waals surface area contributed by atoms with Gasteiger partial charge in [0.15, 0.2) is 6.61 Å². The third-order valence-electron chi connectivity index (χ3n) is 5.42. The number of ether oxygens (including phenoxy) is 2. The number of anilines is 1. The molecule has 1 aliphatic carbocycles. The number of hydrogen-bond donors (Lipinski definition) is 1. The minimum Gasteiger partial charge on any atom is -0.452 e. The third kappa shape index (κ3) is 5.22. The largest absolute Gasteiger partial charge is 0.452 e. The molecule has 4 rings (SSSR count). The normalized spacial score (nSPS) is 16.3. The maximum atomic E-state index is 12.2. The molecule has 0 bridgehead atoms. The number of carbonyl (C=O) groups is 2. The van der Waals surface area contributed by atoms with Crippen molar-refractivity contribution in [2.75, 3.05) is 38.2 Å². The number of carbonyl (C=O) groups excluding carboxylic acids is 2. The van der Waals surface area contributed by atoms with E-state index in [0.717, 1.165) is 63.4 Å². The number of nitrogens with one attached hydrogen (secondary N) is 1. The Morgan fingerprint density at radius 3 is 2.55 bits per heavy atom. The third-order valence-corrected chi connectivity index (χ3v) is 5.42. The van der Waals surface area contributed by atoms with E-state index in [0.29, 0.717) is 5.56 Å². The molecule has 0 spiro atoms. The van der Waals surface area contributed by atoms with E-state index in [1.54, 1.807) is 12.1 Å². The van der Waals surface area contributed by atoms with E-state index in [2.05, 4.69) is 16.3 Å². The second-order valence-corrected chi connectivity index (χ2v) is 7.55. The van der Waals surface area contributed by atoms with Crippen LogP contribution in [0.25, 0.3) is 0 Å². The van der Waals surface area contributed by atoms with Gasteiger partial charge in [0.2, 0.25) is 0 Å². The van der Waals surface area contributed by atoms with E-state index in [4.69, 9.17) is 9.47 Å². The van der Waals surface area contributed by atoms with Gasteiger partial charge in [-0.25, -0.2) is 4.79 Å². The number of aryl methyl sites for hydroxylation is 2. The molecule has 0 atom stereocenters. The van der Waals surface area contributed by atoms with Crippen LogP contribution in [0.2, 0.25) is 0 Å². The fraction of sp³-hybridized carbons (Fsp3) is 0.391. The molecule has 2 aromatic carbocycles. The monoisotopic (exact) mass is 394 g/mol. The first-order chi connectivity index (χ1) is 14.2. The van der Waals surface area contributed by atoms with Gasteiger partial charge in [-0.05, 0) is 60.2 Å². The van der Waals surface area contributed by atoms with Crippen molar-refractivity contribution in [2.45, 2.75) is 25.8 Å². The van der Waals surface area contributed by atoms with Gasteiger partial charge in [0.05, 0.1) is 18.8 Å². The fourth-order valence-electron chi connectivity index (χ4n) is 3.82. The van der Waals surface area contributed by atoms with Crippen LogP contribution in [-0.2, 0) is 33.7 Å². The first-order valence-electron chi connectivity index (χ1n) is 10.2. The number of morpholine rings is 1. The highest BCUT2D eigenvalue weighted by Crippen LogP contribution is 2.24. The summed E-state index contributed by atoms with van der Waals surface area (Å²) in [6.07, 6.45) is 3.32. The smallest absolute Gasteiger partial charge is 0.338 e. The van der Waals surface area contributed by atoms with E-state index < -0.39 is 5.97 Å². The number of esters is 1. The molecule has 1 aliphatic heterocycles. The minimum absolute atomic E-state index is 0.300. The topological polar surface area (TPSA) is 67.9 Å². The van der Waals surface area contributed by atoms with Crippen molar-refractivity contribution in [2.24, 2.45) is 0 Å². The summed E-state index contributed by atoms with van der Waals surface area (Å²) in [7, 11) is 0. The lowest BCUT2D eigenvalue weighted by Crippen LogP contribution is -2.35. The Morgan fingerprint density at radius 1 is 1.00 bits per heavy atom. The van der Waals surface area contributed by atoms with Gasteiger partial charge in [0.1, 0.15) is 0 Å². The summed E-state index contributed by atoms with van der Waals surface area (Å²) in [4.78, 5) is 26.7. The average Bonchev–Trinajstić information content (AvgIpc) is 3.21. The van der Waals surface area contributed by atoms with Crippen molar-refractivity contribution in [1.82, 2.24) is 4.90 Å². The molecule has 6 heteroatoms. The lowest BCUT2D eigenvalue weighted by molar-refractivity contribution is -0.119. The zero-order valence-electron chi connectivity index (χ0n) is 16.5. The van der Waals surface area contributed by atoms with Gasteiger partial charge in [-0.1, -0.05) is 18.2 Å². The van der Waals surface area contributed by atoms with E-state index >= 15 is 0 Å². The molecule has 0 unspecified atom stereocenters. The zero-order valence-corrected chi connectivity index (χ0v) is 16.5. The molecule has 1 fully saturated rings. The number of hydrogen-bond acceptors (Lipinski definition) is 5. The lowest BCUT2D eigenvalue weighted by Gasteiger charge is -2.26. The molecule has 6 nitrogen and oxygen atoms in total. The second-order valence-electron chi connectivity index (χ2n) is 7.55. The molecule has 1 saturated heterocycles. The van der Waals surface area contributed by atoms with Crippen LogP contribution in [0, 0.1) is 0 Å². The predicted molar refractivity (Wildman–Crippen MR) is 110 cm³/mol. The number of benzene rings is 2. The maximum absolute atomic E-state index is 12.2. The highest BCUT2D eigenvalue weighted by Gasteiger charge is 2.14. The molecule has 1 N–H and O–H groups in total. The summed E-state index contributed by atoms with van der Waals surface area (Å²) in [5.74, 6) is -0.827. The van der Waals surface area contributed by atoms with Crippen LogP contribution in [0.15, 0.2) is 42.5 Å². The molecule has 0 saturated carbocycles. The molecule has 0 radical (unpaired) electrons. The van der Waals surface area contributed by atoms with Gasteiger partial charge in [0.25, 0.3) is 5.91 Å². The lowest BCUT2D eigenvalue weighted by atomic mass is 10.1. The van der Waals surface area contributed by atoms with Gasteiger partial charge in [0, 0.05) is 25.3 Å². The van der Waals surface area contributed by atoms with Crippen LogP contribution in [0.4, 0.5) is 5.69 Å². The van der Waals surface area contributed by atoms with Crippen molar-refractivity contribution in [3.8, 4) is 0 Å². The van der Waals surface area contributed by atoms with E-state index in [-0.39, 0.29) is 12.5 Å². The molecule has 152 valence electrons. The predicted octanol–water partition coefficient (Wildman–Crippen LogP) is 2.80. The minimum atomic E-state index is -0.493. The Balaban J connectivity index is 1.25. The molecule has 0 aromatic heterocycles. The number of fused-ring (bicyclic) bond motifs is 1. The molecule has 2 aliphatic rings. The van der Waals surface area contributed by atoms with Gasteiger partial charge >= 0.3 is 5.97 Å². The SMILES string of the molecule is O=C(COC(=O)c1ccc(CN2CCOCC2)cc1)Nc1ccc2c(c1)CCC2.